The van der Waals surface area contributed by atoms with Gasteiger partial charge in [0.1, 0.15) is 0 Å². The fourth-order valence-electron chi connectivity index (χ4n) is 6.39. The Kier molecular flexibility index (Phi) is 8.00. The Hall–Kier alpha value is -2.92. The van der Waals surface area contributed by atoms with Crippen LogP contribution in [-0.4, -0.2) is 22.8 Å². The Bertz CT molecular complexity index is 1520. The third kappa shape index (κ3) is 4.63. The normalized spacial score (nSPS) is 20.8. The highest BCUT2D eigenvalue weighted by Gasteiger charge is 2.29. The molecule has 0 unspecified atom stereocenters. The Morgan fingerprint density at radius 1 is 0.385 bits per heavy atom. The number of halogens is 1. The molecule has 0 aromatic heterocycles. The number of hydrogen-bond acceptors (Lipinski definition) is 4. The maximum absolute atomic E-state index is 5.23. The van der Waals surface area contributed by atoms with E-state index in [1.807, 2.05) is 0 Å². The van der Waals surface area contributed by atoms with Crippen molar-refractivity contribution in [2.75, 3.05) is 0 Å². The van der Waals surface area contributed by atoms with Crippen LogP contribution in [0.25, 0.3) is 0 Å². The highest BCUT2D eigenvalue weighted by atomic mass is 79.9. The van der Waals surface area contributed by atoms with Gasteiger partial charge in [0.15, 0.2) is 0 Å². The number of hydrogen-bond donors (Lipinski definition) is 0. The summed E-state index contributed by atoms with van der Waals surface area (Å²) in [7, 11) is 0. The minimum Gasteiger partial charge on any atom is -0.248 e. The van der Waals surface area contributed by atoms with Crippen molar-refractivity contribution in [3.8, 4) is 0 Å². The van der Waals surface area contributed by atoms with Gasteiger partial charge in [0.25, 0.3) is 0 Å². The van der Waals surface area contributed by atoms with Gasteiger partial charge >= 0.3 is 0 Å². The van der Waals surface area contributed by atoms with Gasteiger partial charge in [-0.15, -0.1) is 0 Å². The van der Waals surface area contributed by atoms with E-state index in [4.69, 9.17) is 20.0 Å². The standard InChI is InChI=1S/C34H39BrN4/c1-8-19-20(9-2)27-16-29-23(12-5)24(13-6)31(38-29)18-33-34(35)25(14-7)32(39-33)17-30-22(11-4)21(10-3)28(37-30)15-26(19)36-27/h15-18H,8-14H2,1-7H3. The third-order valence-electron chi connectivity index (χ3n) is 8.28. The molecule has 0 aromatic rings. The number of fused-ring (bicyclic) bond motifs is 4. The molecule has 202 valence electrons. The van der Waals surface area contributed by atoms with Crippen LogP contribution >= 0.6 is 15.9 Å². The molecule has 39 heavy (non-hydrogen) atoms. The van der Waals surface area contributed by atoms with Gasteiger partial charge in [0, 0.05) is 4.48 Å². The molecule has 4 nitrogen and oxygen atoms in total. The maximum Gasteiger partial charge on any atom is 0.0804 e. The van der Waals surface area contributed by atoms with E-state index in [2.05, 4.69) is 88.7 Å². The summed E-state index contributed by atoms with van der Waals surface area (Å²) >= 11 is 3.90. The van der Waals surface area contributed by atoms with E-state index in [1.54, 1.807) is 0 Å². The van der Waals surface area contributed by atoms with Crippen molar-refractivity contribution in [3.05, 3.63) is 90.6 Å². The lowest BCUT2D eigenvalue weighted by atomic mass is 9.95. The van der Waals surface area contributed by atoms with Gasteiger partial charge < -0.3 is 0 Å². The Balaban J connectivity index is 1.84. The van der Waals surface area contributed by atoms with Crippen LogP contribution in [0.4, 0.5) is 0 Å². The van der Waals surface area contributed by atoms with Crippen molar-refractivity contribution in [1.29, 1.82) is 0 Å². The van der Waals surface area contributed by atoms with Crippen molar-refractivity contribution in [3.63, 3.8) is 0 Å². The Labute approximate surface area is 242 Å². The summed E-state index contributed by atoms with van der Waals surface area (Å²) in [6, 6.07) is 0. The second kappa shape index (κ2) is 11.3. The molecule has 0 saturated carbocycles. The summed E-state index contributed by atoms with van der Waals surface area (Å²) in [6.45, 7) is 15.6. The van der Waals surface area contributed by atoms with Crippen LogP contribution in [0.15, 0.2) is 111 Å². The molecule has 5 heteroatoms. The summed E-state index contributed by atoms with van der Waals surface area (Å²) in [4.78, 5) is 20.8. The van der Waals surface area contributed by atoms with E-state index in [0.717, 1.165) is 95.1 Å². The van der Waals surface area contributed by atoms with Crippen LogP contribution in [0.3, 0.4) is 0 Å². The second-order valence-electron chi connectivity index (χ2n) is 10.2. The van der Waals surface area contributed by atoms with Crippen molar-refractivity contribution in [2.24, 2.45) is 20.0 Å². The van der Waals surface area contributed by atoms with E-state index in [1.165, 1.54) is 39.0 Å². The van der Waals surface area contributed by atoms with Crippen LogP contribution in [0, 0.1) is 0 Å². The van der Waals surface area contributed by atoms with E-state index < -0.39 is 0 Å². The minimum absolute atomic E-state index is 0.892. The summed E-state index contributed by atoms with van der Waals surface area (Å²) in [5.41, 5.74) is 17.3. The number of allylic oxidation sites excluding steroid dienone is 12. The molecule has 5 aliphatic heterocycles. The molecule has 0 spiro atoms. The van der Waals surface area contributed by atoms with Crippen molar-refractivity contribution in [2.45, 2.75) is 93.4 Å². The van der Waals surface area contributed by atoms with Gasteiger partial charge in [0.05, 0.1) is 45.6 Å². The number of nitrogens with zero attached hydrogens (tertiary/aromatic N) is 4. The summed E-state index contributed by atoms with van der Waals surface area (Å²) in [5.74, 6) is 0. The van der Waals surface area contributed by atoms with Crippen LogP contribution < -0.4 is 0 Å². The fourth-order valence-corrected chi connectivity index (χ4v) is 7.07. The lowest BCUT2D eigenvalue weighted by Crippen LogP contribution is -1.99. The molecular formula is C34H39BrN4. The highest BCUT2D eigenvalue weighted by Crippen LogP contribution is 2.40. The lowest BCUT2D eigenvalue weighted by Gasteiger charge is -2.07. The Morgan fingerprint density at radius 2 is 0.641 bits per heavy atom. The van der Waals surface area contributed by atoms with Crippen molar-refractivity contribution < 1.29 is 0 Å². The summed E-state index contributed by atoms with van der Waals surface area (Å²) < 4.78 is 1.06. The average Bonchev–Trinajstić information content (AvgIpc) is 3.64. The number of aliphatic imine (C=N–C) groups is 4. The largest absolute Gasteiger partial charge is 0.248 e. The molecule has 0 radical (unpaired) electrons. The highest BCUT2D eigenvalue weighted by molar-refractivity contribution is 9.12. The first-order valence-corrected chi connectivity index (χ1v) is 15.5. The molecule has 5 heterocycles. The van der Waals surface area contributed by atoms with Crippen LogP contribution in [0.2, 0.25) is 0 Å². The van der Waals surface area contributed by atoms with Gasteiger partial charge in [-0.25, -0.2) is 20.0 Å². The third-order valence-corrected chi connectivity index (χ3v) is 9.16. The van der Waals surface area contributed by atoms with E-state index >= 15 is 0 Å². The van der Waals surface area contributed by atoms with Gasteiger partial charge in [-0.1, -0.05) is 48.5 Å². The zero-order valence-electron chi connectivity index (χ0n) is 24.4. The zero-order valence-corrected chi connectivity index (χ0v) is 26.0. The average molecular weight is 584 g/mol. The Morgan fingerprint density at radius 3 is 0.949 bits per heavy atom. The quantitative estimate of drug-likeness (QED) is 0.287. The SMILES string of the molecule is CCC1=C(Br)C2=CC3=NC(=CC4=NC(=CC5=NC(=CC1=N2)C(CC)=C5CC)C(CC)=C4CC)C(CC)=C3CC. The lowest BCUT2D eigenvalue weighted by molar-refractivity contribution is 1.05. The van der Waals surface area contributed by atoms with Crippen molar-refractivity contribution >= 4 is 38.8 Å². The van der Waals surface area contributed by atoms with Gasteiger partial charge in [-0.2, -0.15) is 0 Å². The first-order valence-electron chi connectivity index (χ1n) is 14.7. The molecule has 0 saturated heterocycles. The van der Waals surface area contributed by atoms with Crippen LogP contribution in [0.1, 0.15) is 93.4 Å². The summed E-state index contributed by atoms with van der Waals surface area (Å²) in [6.07, 6.45) is 15.3. The molecule has 0 amide bonds. The van der Waals surface area contributed by atoms with Gasteiger partial charge in [0.2, 0.25) is 0 Å². The molecule has 0 atom stereocenters. The van der Waals surface area contributed by atoms with Crippen LogP contribution in [0.5, 0.6) is 0 Å². The van der Waals surface area contributed by atoms with Gasteiger partial charge in [-0.3, -0.25) is 0 Å². The van der Waals surface area contributed by atoms with E-state index in [0.29, 0.717) is 0 Å². The fraction of sp³-hybridized carbons (Fsp3) is 0.412. The molecule has 0 fully saturated rings. The van der Waals surface area contributed by atoms with Crippen LogP contribution in [-0.2, 0) is 0 Å². The first kappa shape index (κ1) is 27.6. The molecule has 5 aliphatic rings. The molecule has 0 aromatic carbocycles. The first-order chi connectivity index (χ1) is 18.9. The molecule has 0 N–H and O–H groups in total. The molecule has 8 bridgehead atoms. The van der Waals surface area contributed by atoms with E-state index in [-0.39, 0.29) is 0 Å². The smallest absolute Gasteiger partial charge is 0.0804 e. The molecule has 0 aliphatic carbocycles. The number of rotatable bonds is 7. The summed E-state index contributed by atoms with van der Waals surface area (Å²) in [5, 5.41) is 0. The van der Waals surface area contributed by atoms with E-state index in [9.17, 15) is 0 Å². The maximum atomic E-state index is 5.23. The predicted octanol–water partition coefficient (Wildman–Crippen LogP) is 9.76. The monoisotopic (exact) mass is 582 g/mol. The zero-order chi connectivity index (χ0) is 27.8. The van der Waals surface area contributed by atoms with Gasteiger partial charge in [-0.05, 0) is 124 Å². The minimum atomic E-state index is 0.892. The molecule has 5 rings (SSSR count). The second-order valence-corrected chi connectivity index (χ2v) is 11.0. The topological polar surface area (TPSA) is 49.4 Å². The predicted molar refractivity (Wildman–Crippen MR) is 171 cm³/mol. The molecular weight excluding hydrogens is 544 g/mol. The van der Waals surface area contributed by atoms with Crippen molar-refractivity contribution in [1.82, 2.24) is 0 Å².